The van der Waals surface area contributed by atoms with Crippen LogP contribution >= 0.6 is 0 Å². The molecule has 37 heavy (non-hydrogen) atoms. The molecule has 2 N–H and O–H groups in total. The number of rotatable bonds is 10. The Morgan fingerprint density at radius 3 is 2.51 bits per heavy atom. The molecule has 0 unspecified atom stereocenters. The minimum Gasteiger partial charge on any atom is -0.348 e. The number of benzene rings is 2. The molecule has 194 valence electrons. The number of amides is 2. The monoisotopic (exact) mass is 520 g/mol. The molecular formula is C28H32N4O4S. The smallest absolute Gasteiger partial charge is 0.253 e. The number of anilines is 1. The van der Waals surface area contributed by atoms with E-state index in [9.17, 15) is 18.0 Å². The van der Waals surface area contributed by atoms with Crippen molar-refractivity contribution in [3.8, 4) is 0 Å². The normalized spacial score (nSPS) is 16.2. The maximum absolute atomic E-state index is 13.1. The van der Waals surface area contributed by atoms with Gasteiger partial charge in [0.25, 0.3) is 5.91 Å². The number of carbonyl (C=O) groups is 2. The number of hydrogen-bond donors (Lipinski definition) is 2. The first-order valence-corrected chi connectivity index (χ1v) is 14.1. The van der Waals surface area contributed by atoms with Crippen LogP contribution in [0.15, 0.2) is 79.1 Å². The molecular weight excluding hydrogens is 488 g/mol. The molecule has 1 aliphatic heterocycles. The third-order valence-corrected chi connectivity index (χ3v) is 8.39. The zero-order chi connectivity index (χ0) is 26.1. The van der Waals surface area contributed by atoms with Crippen molar-refractivity contribution < 1.29 is 18.0 Å². The van der Waals surface area contributed by atoms with Gasteiger partial charge in [-0.15, -0.1) is 0 Å². The van der Waals surface area contributed by atoms with Gasteiger partial charge < -0.3 is 10.6 Å². The van der Waals surface area contributed by atoms with Crippen LogP contribution in [0.4, 0.5) is 5.69 Å². The molecule has 8 nitrogen and oxygen atoms in total. The topological polar surface area (TPSA) is 108 Å². The van der Waals surface area contributed by atoms with Crippen LogP contribution in [0.1, 0.15) is 40.7 Å². The fourth-order valence-electron chi connectivity index (χ4n) is 4.45. The van der Waals surface area contributed by atoms with Crippen molar-refractivity contribution in [1.29, 1.82) is 0 Å². The number of carbonyl (C=O) groups excluding carboxylic acids is 2. The van der Waals surface area contributed by atoms with E-state index in [-0.39, 0.29) is 24.1 Å². The van der Waals surface area contributed by atoms with Crippen LogP contribution in [0.25, 0.3) is 0 Å². The van der Waals surface area contributed by atoms with E-state index < -0.39 is 15.9 Å². The molecule has 1 aromatic heterocycles. The fourth-order valence-corrected chi connectivity index (χ4v) is 6.03. The first kappa shape index (κ1) is 26.5. The molecule has 0 saturated carbocycles. The highest BCUT2D eigenvalue weighted by Crippen LogP contribution is 2.23. The molecule has 0 bridgehead atoms. The van der Waals surface area contributed by atoms with Gasteiger partial charge in [-0.25, -0.2) is 12.7 Å². The summed E-state index contributed by atoms with van der Waals surface area (Å²) < 4.78 is 27.4. The number of sulfonamides is 1. The first-order chi connectivity index (χ1) is 17.9. The summed E-state index contributed by atoms with van der Waals surface area (Å²) in [5, 5.41) is 5.71. The zero-order valence-corrected chi connectivity index (χ0v) is 21.5. The highest BCUT2D eigenvalue weighted by Gasteiger charge is 2.32. The third kappa shape index (κ3) is 7.47. The lowest BCUT2D eigenvalue weighted by atomic mass is 9.98. The minimum absolute atomic E-state index is 0.0518. The van der Waals surface area contributed by atoms with E-state index in [1.165, 1.54) is 4.31 Å². The summed E-state index contributed by atoms with van der Waals surface area (Å²) >= 11 is 0. The number of para-hydroxylation sites is 1. The van der Waals surface area contributed by atoms with E-state index in [0.29, 0.717) is 50.0 Å². The number of piperidine rings is 1. The van der Waals surface area contributed by atoms with Crippen molar-refractivity contribution in [3.05, 3.63) is 95.8 Å². The minimum atomic E-state index is -3.46. The van der Waals surface area contributed by atoms with Crippen molar-refractivity contribution in [2.45, 2.75) is 32.2 Å². The number of pyridine rings is 1. The Labute approximate surface area is 218 Å². The Bertz CT molecular complexity index is 1300. The lowest BCUT2D eigenvalue weighted by Crippen LogP contribution is -2.44. The molecule has 2 amide bonds. The van der Waals surface area contributed by atoms with E-state index in [0.717, 1.165) is 11.1 Å². The van der Waals surface area contributed by atoms with Crippen LogP contribution in [0.5, 0.6) is 0 Å². The van der Waals surface area contributed by atoms with Crippen LogP contribution in [-0.4, -0.2) is 48.4 Å². The van der Waals surface area contributed by atoms with E-state index in [2.05, 4.69) is 15.6 Å². The molecule has 9 heteroatoms. The van der Waals surface area contributed by atoms with Gasteiger partial charge in [0.1, 0.15) is 0 Å². The largest absolute Gasteiger partial charge is 0.348 e. The van der Waals surface area contributed by atoms with Crippen LogP contribution in [0, 0.1) is 5.92 Å². The second-order valence-electron chi connectivity index (χ2n) is 9.18. The third-order valence-electron chi connectivity index (χ3n) is 6.46. The molecule has 4 rings (SSSR count). The van der Waals surface area contributed by atoms with Gasteiger partial charge in [0, 0.05) is 32.0 Å². The van der Waals surface area contributed by atoms with Gasteiger partial charge in [0.05, 0.1) is 22.9 Å². The Hall–Kier alpha value is -3.56. The molecule has 0 aliphatic carbocycles. The van der Waals surface area contributed by atoms with Crippen LogP contribution in [0.2, 0.25) is 0 Å². The predicted molar refractivity (Wildman–Crippen MR) is 143 cm³/mol. The summed E-state index contributed by atoms with van der Waals surface area (Å²) in [5.41, 5.74) is 2.72. The average Bonchev–Trinajstić information content (AvgIpc) is 2.93. The summed E-state index contributed by atoms with van der Waals surface area (Å²) in [6.45, 7) is 0.883. The number of hydrogen-bond acceptors (Lipinski definition) is 5. The maximum Gasteiger partial charge on any atom is 0.253 e. The van der Waals surface area contributed by atoms with Gasteiger partial charge in [0.2, 0.25) is 15.9 Å². The van der Waals surface area contributed by atoms with Crippen LogP contribution < -0.4 is 10.6 Å². The van der Waals surface area contributed by atoms with Crippen molar-refractivity contribution in [2.24, 2.45) is 5.92 Å². The molecule has 2 aromatic carbocycles. The van der Waals surface area contributed by atoms with Gasteiger partial charge in [-0.2, -0.15) is 0 Å². The Morgan fingerprint density at radius 2 is 1.73 bits per heavy atom. The second-order valence-corrected chi connectivity index (χ2v) is 11.3. The lowest BCUT2D eigenvalue weighted by Gasteiger charge is -2.31. The standard InChI is InChI=1S/C28H32N4O4S/c33-27(31-26-15-5-4-14-25(26)28(34)30-20-23-11-6-16-29-19-23)24-13-7-17-32(21-24)37(35,36)18-8-12-22-9-2-1-3-10-22/h1-6,9-11,14-16,19,24H,7-8,12-13,17-18,20-21H2,(H,30,34)(H,31,33)/t24-/m0/s1. The highest BCUT2D eigenvalue weighted by atomic mass is 32.2. The van der Waals surface area contributed by atoms with Crippen molar-refractivity contribution in [3.63, 3.8) is 0 Å². The van der Waals surface area contributed by atoms with E-state index in [1.807, 2.05) is 36.4 Å². The molecule has 3 aromatic rings. The zero-order valence-electron chi connectivity index (χ0n) is 20.7. The van der Waals surface area contributed by atoms with Crippen molar-refractivity contribution in [2.75, 3.05) is 24.2 Å². The Kier molecular flexibility index (Phi) is 9.03. The quantitative estimate of drug-likeness (QED) is 0.424. The fraction of sp³-hybridized carbons (Fsp3) is 0.321. The molecule has 2 heterocycles. The predicted octanol–water partition coefficient (Wildman–Crippen LogP) is 3.62. The molecule has 0 radical (unpaired) electrons. The van der Waals surface area contributed by atoms with Crippen LogP contribution in [0.3, 0.4) is 0 Å². The van der Waals surface area contributed by atoms with Gasteiger partial charge in [-0.05, 0) is 55.0 Å². The Morgan fingerprint density at radius 1 is 0.973 bits per heavy atom. The summed E-state index contributed by atoms with van der Waals surface area (Å²) in [5.74, 6) is -1.03. The van der Waals surface area contributed by atoms with Crippen molar-refractivity contribution >= 4 is 27.5 Å². The highest BCUT2D eigenvalue weighted by molar-refractivity contribution is 7.89. The molecule has 0 spiro atoms. The van der Waals surface area contributed by atoms with Crippen LogP contribution in [-0.2, 0) is 27.8 Å². The number of aryl methyl sites for hydroxylation is 1. The van der Waals surface area contributed by atoms with E-state index in [1.54, 1.807) is 42.7 Å². The number of aromatic nitrogens is 1. The molecule has 1 saturated heterocycles. The second kappa shape index (κ2) is 12.6. The Balaban J connectivity index is 1.34. The van der Waals surface area contributed by atoms with Crippen molar-refractivity contribution in [1.82, 2.24) is 14.6 Å². The maximum atomic E-state index is 13.1. The summed E-state index contributed by atoms with van der Waals surface area (Å²) in [6, 6.07) is 20.3. The van der Waals surface area contributed by atoms with Gasteiger partial charge in [0.15, 0.2) is 0 Å². The first-order valence-electron chi connectivity index (χ1n) is 12.5. The molecule has 1 aliphatic rings. The average molecular weight is 521 g/mol. The van der Waals surface area contributed by atoms with E-state index >= 15 is 0 Å². The molecule has 1 fully saturated rings. The SMILES string of the molecule is O=C(NCc1cccnc1)c1ccccc1NC(=O)[C@H]1CCCN(S(=O)(=O)CCCc2ccccc2)C1. The van der Waals surface area contributed by atoms with E-state index in [4.69, 9.17) is 0 Å². The van der Waals surface area contributed by atoms with Gasteiger partial charge in [-0.1, -0.05) is 48.5 Å². The number of nitrogens with zero attached hydrogens (tertiary/aromatic N) is 2. The summed E-state index contributed by atoms with van der Waals surface area (Å²) in [4.78, 5) is 30.0. The molecule has 1 atom stereocenters. The summed E-state index contributed by atoms with van der Waals surface area (Å²) in [7, 11) is -3.46. The van der Waals surface area contributed by atoms with Gasteiger partial charge >= 0.3 is 0 Å². The number of nitrogens with one attached hydrogen (secondary N) is 2. The summed E-state index contributed by atoms with van der Waals surface area (Å²) in [6.07, 6.45) is 5.77. The lowest BCUT2D eigenvalue weighted by molar-refractivity contribution is -0.120. The van der Waals surface area contributed by atoms with Gasteiger partial charge in [-0.3, -0.25) is 14.6 Å².